The first kappa shape index (κ1) is 14.6. The number of aryl methyl sites for hydroxylation is 1. The van der Waals surface area contributed by atoms with Gasteiger partial charge >= 0.3 is 0 Å². The van der Waals surface area contributed by atoms with Crippen molar-refractivity contribution in [3.05, 3.63) is 41.6 Å². The third-order valence-electron chi connectivity index (χ3n) is 3.22. The van der Waals surface area contributed by atoms with Crippen LogP contribution in [0, 0.1) is 0 Å². The lowest BCUT2D eigenvalue weighted by molar-refractivity contribution is 0.773. The van der Waals surface area contributed by atoms with Crippen LogP contribution in [0.2, 0.25) is 0 Å². The maximum absolute atomic E-state index is 5.80. The Labute approximate surface area is 111 Å². The van der Waals surface area contributed by atoms with E-state index in [0.717, 1.165) is 31.5 Å². The zero-order chi connectivity index (χ0) is 13.4. The van der Waals surface area contributed by atoms with Gasteiger partial charge in [0.05, 0.1) is 0 Å². The molecular formula is C16H26N2. The molecule has 0 aliphatic rings. The molecular weight excluding hydrogens is 220 g/mol. The lowest BCUT2D eigenvalue weighted by Crippen LogP contribution is -2.19. The van der Waals surface area contributed by atoms with Crippen LogP contribution >= 0.6 is 0 Å². The monoisotopic (exact) mass is 246 g/mol. The summed E-state index contributed by atoms with van der Waals surface area (Å²) < 4.78 is 0. The first-order valence-electron chi connectivity index (χ1n) is 6.88. The van der Waals surface area contributed by atoms with Crippen molar-refractivity contribution >= 4 is 5.69 Å². The van der Waals surface area contributed by atoms with Crippen molar-refractivity contribution in [2.75, 3.05) is 18.5 Å². The van der Waals surface area contributed by atoms with Crippen molar-refractivity contribution in [3.63, 3.8) is 0 Å². The molecule has 2 nitrogen and oxygen atoms in total. The van der Waals surface area contributed by atoms with E-state index in [2.05, 4.69) is 43.1 Å². The second-order valence-electron chi connectivity index (χ2n) is 4.81. The standard InChI is InChI=1S/C16H26N2/c1-4-8-14-9-6-11-16(13-14)18(3)12-7-10-15(17)5-2/h5-6,9,11,13H,4,7-8,10,12,17H2,1-3H3/b15-5+. The minimum absolute atomic E-state index is 0.982. The van der Waals surface area contributed by atoms with Crippen molar-refractivity contribution in [1.82, 2.24) is 0 Å². The Morgan fingerprint density at radius 3 is 2.83 bits per heavy atom. The largest absolute Gasteiger partial charge is 0.402 e. The number of allylic oxidation sites excluding steroid dienone is 2. The lowest BCUT2D eigenvalue weighted by Gasteiger charge is -2.20. The van der Waals surface area contributed by atoms with Crippen molar-refractivity contribution in [1.29, 1.82) is 0 Å². The molecule has 2 heteroatoms. The highest BCUT2D eigenvalue weighted by molar-refractivity contribution is 5.47. The van der Waals surface area contributed by atoms with Gasteiger partial charge in [-0.1, -0.05) is 31.6 Å². The molecule has 100 valence electrons. The molecule has 0 atom stereocenters. The smallest absolute Gasteiger partial charge is 0.0366 e. The SMILES string of the molecule is C/C=C(/N)CCCN(C)c1cccc(CCC)c1. The highest BCUT2D eigenvalue weighted by Crippen LogP contribution is 2.16. The summed E-state index contributed by atoms with van der Waals surface area (Å²) in [5.74, 6) is 0. The van der Waals surface area contributed by atoms with Crippen molar-refractivity contribution < 1.29 is 0 Å². The quantitative estimate of drug-likeness (QED) is 0.794. The second-order valence-corrected chi connectivity index (χ2v) is 4.81. The zero-order valence-corrected chi connectivity index (χ0v) is 11.9. The number of anilines is 1. The van der Waals surface area contributed by atoms with Gasteiger partial charge in [0.2, 0.25) is 0 Å². The van der Waals surface area contributed by atoms with Crippen LogP contribution in [-0.4, -0.2) is 13.6 Å². The Bertz CT molecular complexity index is 382. The first-order chi connectivity index (χ1) is 8.67. The molecule has 0 saturated heterocycles. The molecule has 1 aromatic carbocycles. The molecule has 2 N–H and O–H groups in total. The highest BCUT2D eigenvalue weighted by Gasteiger charge is 2.02. The second kappa shape index (κ2) is 7.80. The Morgan fingerprint density at radius 2 is 2.17 bits per heavy atom. The fourth-order valence-corrected chi connectivity index (χ4v) is 2.03. The zero-order valence-electron chi connectivity index (χ0n) is 11.9. The molecule has 0 radical (unpaired) electrons. The van der Waals surface area contributed by atoms with E-state index in [1.54, 1.807) is 0 Å². The minimum Gasteiger partial charge on any atom is -0.402 e. The lowest BCUT2D eigenvalue weighted by atomic mass is 10.1. The van der Waals surface area contributed by atoms with Gasteiger partial charge in [-0.3, -0.25) is 0 Å². The van der Waals surface area contributed by atoms with Gasteiger partial charge in [0, 0.05) is 25.0 Å². The van der Waals surface area contributed by atoms with E-state index >= 15 is 0 Å². The van der Waals surface area contributed by atoms with Crippen LogP contribution < -0.4 is 10.6 Å². The predicted molar refractivity (Wildman–Crippen MR) is 80.9 cm³/mol. The molecule has 0 aliphatic carbocycles. The van der Waals surface area contributed by atoms with Crippen LogP contribution in [0.1, 0.15) is 38.7 Å². The molecule has 0 aromatic heterocycles. The molecule has 0 bridgehead atoms. The van der Waals surface area contributed by atoms with E-state index in [1.807, 2.05) is 13.0 Å². The number of benzene rings is 1. The van der Waals surface area contributed by atoms with Gasteiger partial charge in [-0.2, -0.15) is 0 Å². The van der Waals surface area contributed by atoms with Crippen LogP contribution in [-0.2, 0) is 6.42 Å². The number of nitrogens with two attached hydrogens (primary N) is 1. The van der Waals surface area contributed by atoms with E-state index in [4.69, 9.17) is 5.73 Å². The van der Waals surface area contributed by atoms with Crippen LogP contribution in [0.5, 0.6) is 0 Å². The summed E-state index contributed by atoms with van der Waals surface area (Å²) in [6.45, 7) is 5.26. The highest BCUT2D eigenvalue weighted by atomic mass is 15.1. The number of nitrogens with zero attached hydrogens (tertiary/aromatic N) is 1. The van der Waals surface area contributed by atoms with Crippen LogP contribution in [0.3, 0.4) is 0 Å². The molecule has 0 heterocycles. The summed E-state index contributed by atoms with van der Waals surface area (Å²) >= 11 is 0. The number of hydrogen-bond acceptors (Lipinski definition) is 2. The van der Waals surface area contributed by atoms with Gasteiger partial charge in [-0.05, 0) is 43.9 Å². The Kier molecular flexibility index (Phi) is 6.34. The van der Waals surface area contributed by atoms with E-state index in [0.29, 0.717) is 0 Å². The van der Waals surface area contributed by atoms with Gasteiger partial charge in [0.15, 0.2) is 0 Å². The minimum atomic E-state index is 0.982. The Morgan fingerprint density at radius 1 is 1.39 bits per heavy atom. The van der Waals surface area contributed by atoms with Gasteiger partial charge in [0.1, 0.15) is 0 Å². The average Bonchev–Trinajstić information content (AvgIpc) is 2.39. The molecule has 18 heavy (non-hydrogen) atoms. The molecule has 0 saturated carbocycles. The molecule has 0 fully saturated rings. The normalized spacial score (nSPS) is 11.6. The van der Waals surface area contributed by atoms with Crippen molar-refractivity contribution in [2.45, 2.75) is 39.5 Å². The number of rotatable bonds is 7. The fourth-order valence-electron chi connectivity index (χ4n) is 2.03. The third kappa shape index (κ3) is 4.82. The van der Waals surface area contributed by atoms with E-state index < -0.39 is 0 Å². The van der Waals surface area contributed by atoms with E-state index in [1.165, 1.54) is 17.7 Å². The van der Waals surface area contributed by atoms with Gasteiger partial charge < -0.3 is 10.6 Å². The predicted octanol–water partition coefficient (Wildman–Crippen LogP) is 3.72. The van der Waals surface area contributed by atoms with E-state index in [9.17, 15) is 0 Å². The van der Waals surface area contributed by atoms with Crippen LogP contribution in [0.15, 0.2) is 36.0 Å². The van der Waals surface area contributed by atoms with Gasteiger partial charge in [0.25, 0.3) is 0 Å². The summed E-state index contributed by atoms with van der Waals surface area (Å²) in [6, 6.07) is 8.83. The summed E-state index contributed by atoms with van der Waals surface area (Å²) in [6.07, 6.45) is 6.43. The molecule has 0 unspecified atom stereocenters. The van der Waals surface area contributed by atoms with E-state index in [-0.39, 0.29) is 0 Å². The maximum Gasteiger partial charge on any atom is 0.0366 e. The summed E-state index contributed by atoms with van der Waals surface area (Å²) in [5, 5.41) is 0. The molecule has 0 spiro atoms. The summed E-state index contributed by atoms with van der Waals surface area (Å²) in [4.78, 5) is 2.31. The van der Waals surface area contributed by atoms with Gasteiger partial charge in [-0.25, -0.2) is 0 Å². The van der Waals surface area contributed by atoms with Crippen LogP contribution in [0.4, 0.5) is 5.69 Å². The summed E-state index contributed by atoms with van der Waals surface area (Å²) in [7, 11) is 2.15. The summed E-state index contributed by atoms with van der Waals surface area (Å²) in [5.41, 5.74) is 9.52. The molecule has 1 aromatic rings. The average molecular weight is 246 g/mol. The molecule has 0 amide bonds. The van der Waals surface area contributed by atoms with Gasteiger partial charge in [-0.15, -0.1) is 0 Å². The fraction of sp³-hybridized carbons (Fsp3) is 0.500. The Hall–Kier alpha value is -1.44. The topological polar surface area (TPSA) is 29.3 Å². The number of hydrogen-bond donors (Lipinski definition) is 1. The third-order valence-corrected chi connectivity index (χ3v) is 3.22. The maximum atomic E-state index is 5.80. The Balaban J connectivity index is 2.50. The van der Waals surface area contributed by atoms with Crippen molar-refractivity contribution in [2.24, 2.45) is 5.73 Å². The van der Waals surface area contributed by atoms with Crippen molar-refractivity contribution in [3.8, 4) is 0 Å². The first-order valence-corrected chi connectivity index (χ1v) is 6.88. The molecule has 1 rings (SSSR count). The molecule has 0 aliphatic heterocycles. The van der Waals surface area contributed by atoms with Crippen LogP contribution in [0.25, 0.3) is 0 Å².